The van der Waals surface area contributed by atoms with Crippen molar-refractivity contribution < 1.29 is 19.7 Å². The summed E-state index contributed by atoms with van der Waals surface area (Å²) in [5, 5.41) is 17.6. The monoisotopic (exact) mass is 148 g/mol. The summed E-state index contributed by atoms with van der Waals surface area (Å²) in [6, 6.07) is 0. The van der Waals surface area contributed by atoms with Crippen LogP contribution in [0, 0.1) is 0 Å². The molecule has 0 bridgehead atoms. The van der Waals surface area contributed by atoms with Crippen LogP contribution in [-0.4, -0.2) is 42.4 Å². The zero-order chi connectivity index (χ0) is 7.56. The van der Waals surface area contributed by atoms with E-state index in [2.05, 4.69) is 0 Å². The molecule has 1 heterocycles. The third-order valence-corrected chi connectivity index (χ3v) is 1.65. The minimum Gasteiger partial charge on any atom is -0.394 e. The van der Waals surface area contributed by atoms with Crippen molar-refractivity contribution in [3.05, 3.63) is 0 Å². The van der Waals surface area contributed by atoms with Crippen LogP contribution >= 0.6 is 0 Å². The van der Waals surface area contributed by atoms with Gasteiger partial charge in [-0.25, -0.2) is 0 Å². The van der Waals surface area contributed by atoms with Gasteiger partial charge in [-0.15, -0.1) is 0 Å². The lowest BCUT2D eigenvalue weighted by Gasteiger charge is -2.08. The van der Waals surface area contributed by atoms with Crippen molar-refractivity contribution in [2.75, 3.05) is 13.7 Å². The van der Waals surface area contributed by atoms with E-state index in [-0.39, 0.29) is 18.8 Å². The standard InChI is InChI=1S/C6H12O4/c1-9-5-2-4(3-7)10-6(5)8/h4-8H,2-3H2,1H3/t4-,5-,6-/m0/s1. The van der Waals surface area contributed by atoms with Crippen molar-refractivity contribution in [1.29, 1.82) is 0 Å². The molecule has 1 saturated heterocycles. The minimum atomic E-state index is -0.873. The number of aliphatic hydroxyl groups excluding tert-OH is 2. The van der Waals surface area contributed by atoms with E-state index in [1.165, 1.54) is 7.11 Å². The largest absolute Gasteiger partial charge is 0.394 e. The van der Waals surface area contributed by atoms with E-state index in [1.54, 1.807) is 0 Å². The van der Waals surface area contributed by atoms with Gasteiger partial charge in [0.15, 0.2) is 6.29 Å². The molecule has 0 saturated carbocycles. The Balaban J connectivity index is 2.36. The zero-order valence-electron chi connectivity index (χ0n) is 5.86. The molecule has 0 aliphatic carbocycles. The van der Waals surface area contributed by atoms with Gasteiger partial charge >= 0.3 is 0 Å². The number of hydrogen-bond donors (Lipinski definition) is 2. The Morgan fingerprint density at radius 3 is 2.70 bits per heavy atom. The third kappa shape index (κ3) is 1.46. The maximum atomic E-state index is 9.03. The van der Waals surface area contributed by atoms with Crippen LogP contribution in [-0.2, 0) is 9.47 Å². The summed E-state index contributed by atoms with van der Waals surface area (Å²) in [7, 11) is 1.51. The topological polar surface area (TPSA) is 58.9 Å². The lowest BCUT2D eigenvalue weighted by Crippen LogP contribution is -2.21. The first-order valence-electron chi connectivity index (χ1n) is 3.25. The summed E-state index contributed by atoms with van der Waals surface area (Å²) < 4.78 is 9.76. The summed E-state index contributed by atoms with van der Waals surface area (Å²) in [5.41, 5.74) is 0. The summed E-state index contributed by atoms with van der Waals surface area (Å²) >= 11 is 0. The van der Waals surface area contributed by atoms with Crippen LogP contribution in [0.5, 0.6) is 0 Å². The molecule has 0 aromatic rings. The van der Waals surface area contributed by atoms with Gasteiger partial charge in [0.25, 0.3) is 0 Å². The molecular formula is C6H12O4. The van der Waals surface area contributed by atoms with Gasteiger partial charge in [0, 0.05) is 13.5 Å². The van der Waals surface area contributed by atoms with Crippen molar-refractivity contribution in [2.45, 2.75) is 24.9 Å². The zero-order valence-corrected chi connectivity index (χ0v) is 5.86. The fourth-order valence-corrected chi connectivity index (χ4v) is 1.05. The Labute approximate surface area is 59.4 Å². The molecule has 4 nitrogen and oxygen atoms in total. The summed E-state index contributed by atoms with van der Waals surface area (Å²) in [4.78, 5) is 0. The molecule has 2 N–H and O–H groups in total. The van der Waals surface area contributed by atoms with E-state index < -0.39 is 6.29 Å². The van der Waals surface area contributed by atoms with Gasteiger partial charge in [-0.2, -0.15) is 0 Å². The van der Waals surface area contributed by atoms with Crippen LogP contribution in [0.25, 0.3) is 0 Å². The second-order valence-electron chi connectivity index (χ2n) is 2.34. The van der Waals surface area contributed by atoms with Crippen molar-refractivity contribution >= 4 is 0 Å². The van der Waals surface area contributed by atoms with Gasteiger partial charge in [-0.05, 0) is 0 Å². The number of rotatable bonds is 2. The van der Waals surface area contributed by atoms with Crippen LogP contribution in [0.1, 0.15) is 6.42 Å². The summed E-state index contributed by atoms with van der Waals surface area (Å²) in [6.07, 6.45) is -0.854. The van der Waals surface area contributed by atoms with Gasteiger partial charge in [0.1, 0.15) is 6.10 Å². The number of aliphatic hydroxyl groups is 2. The van der Waals surface area contributed by atoms with Gasteiger partial charge in [-0.3, -0.25) is 0 Å². The Kier molecular flexibility index (Phi) is 2.62. The molecule has 10 heavy (non-hydrogen) atoms. The molecule has 1 fully saturated rings. The highest BCUT2D eigenvalue weighted by Crippen LogP contribution is 2.20. The highest BCUT2D eigenvalue weighted by molar-refractivity contribution is 4.75. The molecule has 0 aromatic heterocycles. The normalized spacial score (nSPS) is 40.5. The second-order valence-corrected chi connectivity index (χ2v) is 2.34. The molecule has 0 amide bonds. The SMILES string of the molecule is CO[C@H]1C[C@@H](CO)O[C@@H]1O. The summed E-state index contributed by atoms with van der Waals surface area (Å²) in [6.45, 7) is -0.0586. The second kappa shape index (κ2) is 3.30. The third-order valence-electron chi connectivity index (χ3n) is 1.65. The van der Waals surface area contributed by atoms with Gasteiger partial charge in [-0.1, -0.05) is 0 Å². The highest BCUT2D eigenvalue weighted by Gasteiger charge is 2.33. The Bertz CT molecular complexity index is 106. The van der Waals surface area contributed by atoms with Crippen molar-refractivity contribution in [3.63, 3.8) is 0 Å². The van der Waals surface area contributed by atoms with Gasteiger partial charge in [0.2, 0.25) is 0 Å². The smallest absolute Gasteiger partial charge is 0.181 e. The fourth-order valence-electron chi connectivity index (χ4n) is 1.05. The maximum absolute atomic E-state index is 9.03. The molecule has 1 rings (SSSR count). The van der Waals surface area contributed by atoms with E-state index in [0.29, 0.717) is 6.42 Å². The number of methoxy groups -OCH3 is 1. The first kappa shape index (κ1) is 7.94. The van der Waals surface area contributed by atoms with Crippen LogP contribution in [0.15, 0.2) is 0 Å². The van der Waals surface area contributed by atoms with Crippen molar-refractivity contribution in [3.8, 4) is 0 Å². The van der Waals surface area contributed by atoms with Crippen molar-refractivity contribution in [1.82, 2.24) is 0 Å². The van der Waals surface area contributed by atoms with E-state index >= 15 is 0 Å². The maximum Gasteiger partial charge on any atom is 0.181 e. The Morgan fingerprint density at radius 2 is 2.40 bits per heavy atom. The molecule has 3 atom stereocenters. The Hall–Kier alpha value is -0.160. The molecule has 0 unspecified atom stereocenters. The molecule has 1 aliphatic rings. The average molecular weight is 148 g/mol. The van der Waals surface area contributed by atoms with E-state index in [4.69, 9.17) is 19.7 Å². The van der Waals surface area contributed by atoms with Crippen LogP contribution in [0.3, 0.4) is 0 Å². The molecular weight excluding hydrogens is 136 g/mol. The molecule has 0 radical (unpaired) electrons. The van der Waals surface area contributed by atoms with E-state index in [9.17, 15) is 0 Å². The van der Waals surface area contributed by atoms with Gasteiger partial charge < -0.3 is 19.7 Å². The molecule has 4 heteroatoms. The van der Waals surface area contributed by atoms with Crippen LogP contribution in [0.4, 0.5) is 0 Å². The van der Waals surface area contributed by atoms with E-state index in [0.717, 1.165) is 0 Å². The van der Waals surface area contributed by atoms with Crippen LogP contribution < -0.4 is 0 Å². The summed E-state index contributed by atoms with van der Waals surface area (Å²) in [5.74, 6) is 0. The molecule has 0 aromatic carbocycles. The lowest BCUT2D eigenvalue weighted by molar-refractivity contribution is -0.139. The molecule has 60 valence electrons. The van der Waals surface area contributed by atoms with Crippen LogP contribution in [0.2, 0.25) is 0 Å². The predicted octanol–water partition coefficient (Wildman–Crippen LogP) is -0.899. The molecule has 1 aliphatic heterocycles. The first-order valence-corrected chi connectivity index (χ1v) is 3.25. The number of ether oxygens (including phenoxy) is 2. The van der Waals surface area contributed by atoms with Crippen molar-refractivity contribution in [2.24, 2.45) is 0 Å². The predicted molar refractivity (Wildman–Crippen MR) is 33.4 cm³/mol. The minimum absolute atomic E-state index is 0.0586. The quantitative estimate of drug-likeness (QED) is 0.533. The fraction of sp³-hybridized carbons (Fsp3) is 1.00. The molecule has 0 spiro atoms. The Morgan fingerprint density at radius 1 is 1.70 bits per heavy atom. The average Bonchev–Trinajstić information content (AvgIpc) is 2.30. The van der Waals surface area contributed by atoms with Gasteiger partial charge in [0.05, 0.1) is 12.7 Å². The van der Waals surface area contributed by atoms with E-state index in [1.807, 2.05) is 0 Å². The first-order chi connectivity index (χ1) is 4.77. The number of hydrogen-bond acceptors (Lipinski definition) is 4. The highest BCUT2D eigenvalue weighted by atomic mass is 16.7. The lowest BCUT2D eigenvalue weighted by atomic mass is 10.2.